The van der Waals surface area contributed by atoms with Gasteiger partial charge in [0.25, 0.3) is 0 Å². The van der Waals surface area contributed by atoms with Gasteiger partial charge in [-0.3, -0.25) is 4.21 Å². The summed E-state index contributed by atoms with van der Waals surface area (Å²) in [7, 11) is -4.84. The number of rotatable bonds is 7. The Labute approximate surface area is 120 Å². The molecule has 1 atom stereocenters. The van der Waals surface area contributed by atoms with Crippen molar-refractivity contribution in [3.63, 3.8) is 0 Å². The highest BCUT2D eigenvalue weighted by Gasteiger charge is 2.17. The molecule has 0 saturated heterocycles. The van der Waals surface area contributed by atoms with Gasteiger partial charge in [-0.15, -0.1) is 0 Å². The van der Waals surface area contributed by atoms with E-state index >= 15 is 0 Å². The highest BCUT2D eigenvalue weighted by molar-refractivity contribution is 7.89. The molecule has 2 N–H and O–H groups in total. The van der Waals surface area contributed by atoms with Crippen molar-refractivity contribution in [2.24, 2.45) is 0 Å². The smallest absolute Gasteiger partial charge is 0.335 e. The summed E-state index contributed by atoms with van der Waals surface area (Å²) in [4.78, 5) is 10.9. The molecule has 0 bridgehead atoms. The van der Waals surface area contributed by atoms with Crippen LogP contribution in [0.1, 0.15) is 22.8 Å². The van der Waals surface area contributed by atoms with Gasteiger partial charge in [-0.1, -0.05) is 13.0 Å². The van der Waals surface area contributed by atoms with Crippen molar-refractivity contribution in [3.05, 3.63) is 29.3 Å². The summed E-state index contributed by atoms with van der Waals surface area (Å²) < 4.78 is 37.5. The summed E-state index contributed by atoms with van der Waals surface area (Å²) in [5, 5.41) is 8.98. The Morgan fingerprint density at radius 1 is 1.40 bits per heavy atom. The predicted octanol–water partition coefficient (Wildman–Crippen LogP) is 0.740. The first-order valence-electron chi connectivity index (χ1n) is 5.96. The Hall–Kier alpha value is -1.25. The third kappa shape index (κ3) is 4.39. The standard InChI is InChI=1S/C12H17NO5S2/c1-3-19(16)7-6-13-20(17,18)10-5-4-9(2)11(8-10)12(14)15/h4-5,8,13H,3,6-7H2,1-2H3,(H,14,15). The van der Waals surface area contributed by atoms with Crippen molar-refractivity contribution in [3.8, 4) is 0 Å². The number of carbonyl (C=O) groups is 1. The second-order valence-corrected chi connectivity index (χ2v) is 7.74. The summed E-state index contributed by atoms with van der Waals surface area (Å²) in [5.41, 5.74) is 0.438. The van der Waals surface area contributed by atoms with Gasteiger partial charge in [-0.25, -0.2) is 17.9 Å². The molecule has 0 heterocycles. The summed E-state index contributed by atoms with van der Waals surface area (Å²) >= 11 is 0. The quantitative estimate of drug-likeness (QED) is 0.772. The minimum absolute atomic E-state index is 0.0509. The Balaban J connectivity index is 2.90. The predicted molar refractivity (Wildman–Crippen MR) is 76.9 cm³/mol. The first-order chi connectivity index (χ1) is 9.27. The molecular formula is C12H17NO5S2. The van der Waals surface area contributed by atoms with Crippen molar-refractivity contribution in [2.45, 2.75) is 18.7 Å². The Morgan fingerprint density at radius 3 is 2.60 bits per heavy atom. The number of nitrogens with one attached hydrogen (secondary N) is 1. The molecule has 6 nitrogen and oxygen atoms in total. The lowest BCUT2D eigenvalue weighted by molar-refractivity contribution is 0.0696. The van der Waals surface area contributed by atoms with Crippen LogP contribution in [0.25, 0.3) is 0 Å². The van der Waals surface area contributed by atoms with E-state index in [0.29, 0.717) is 11.3 Å². The first-order valence-corrected chi connectivity index (χ1v) is 8.93. The molecule has 0 aliphatic heterocycles. The van der Waals surface area contributed by atoms with Crippen molar-refractivity contribution in [2.75, 3.05) is 18.1 Å². The third-order valence-electron chi connectivity index (χ3n) is 2.69. The van der Waals surface area contributed by atoms with Gasteiger partial charge in [0.2, 0.25) is 10.0 Å². The number of aromatic carboxylic acids is 1. The van der Waals surface area contributed by atoms with Crippen LogP contribution < -0.4 is 4.72 Å². The fourth-order valence-electron chi connectivity index (χ4n) is 1.52. The number of hydrogen-bond acceptors (Lipinski definition) is 4. The fourth-order valence-corrected chi connectivity index (χ4v) is 3.32. The van der Waals surface area contributed by atoms with Gasteiger partial charge in [0.1, 0.15) is 0 Å². The van der Waals surface area contributed by atoms with Crippen molar-refractivity contribution >= 4 is 26.8 Å². The van der Waals surface area contributed by atoms with E-state index in [1.807, 2.05) is 0 Å². The number of aryl methyl sites for hydroxylation is 1. The van der Waals surface area contributed by atoms with E-state index < -0.39 is 26.8 Å². The lowest BCUT2D eigenvalue weighted by Crippen LogP contribution is -2.28. The highest BCUT2D eigenvalue weighted by atomic mass is 32.2. The highest BCUT2D eigenvalue weighted by Crippen LogP contribution is 2.15. The van der Waals surface area contributed by atoms with E-state index in [0.717, 1.165) is 6.07 Å². The number of sulfonamides is 1. The summed E-state index contributed by atoms with van der Waals surface area (Å²) in [6.07, 6.45) is 0. The Bertz CT molecular complexity index is 625. The lowest BCUT2D eigenvalue weighted by Gasteiger charge is -2.08. The molecule has 0 amide bonds. The SMILES string of the molecule is CCS(=O)CCNS(=O)(=O)c1ccc(C)c(C(=O)O)c1. The number of hydrogen-bond donors (Lipinski definition) is 2. The first kappa shape index (κ1) is 16.8. The second-order valence-electron chi connectivity index (χ2n) is 4.11. The van der Waals surface area contributed by atoms with Gasteiger partial charge in [0.05, 0.1) is 10.5 Å². The van der Waals surface area contributed by atoms with Crippen molar-refractivity contribution in [1.29, 1.82) is 0 Å². The van der Waals surface area contributed by atoms with Crippen LogP contribution >= 0.6 is 0 Å². The average Bonchev–Trinajstić information content (AvgIpc) is 2.38. The van der Waals surface area contributed by atoms with Crippen LogP contribution in [-0.2, 0) is 20.8 Å². The lowest BCUT2D eigenvalue weighted by atomic mass is 10.1. The number of benzene rings is 1. The van der Waals surface area contributed by atoms with Gasteiger partial charge in [0, 0.05) is 28.9 Å². The molecule has 0 radical (unpaired) electrons. The zero-order chi connectivity index (χ0) is 15.3. The van der Waals surface area contributed by atoms with Crippen molar-refractivity contribution in [1.82, 2.24) is 4.72 Å². The Kier molecular flexibility index (Phi) is 5.85. The molecule has 0 spiro atoms. The minimum Gasteiger partial charge on any atom is -0.478 e. The van der Waals surface area contributed by atoms with E-state index in [-0.39, 0.29) is 22.8 Å². The molecular weight excluding hydrogens is 302 g/mol. The van der Waals surface area contributed by atoms with Gasteiger partial charge >= 0.3 is 5.97 Å². The van der Waals surface area contributed by atoms with Gasteiger partial charge in [0.15, 0.2) is 0 Å². The molecule has 0 aliphatic carbocycles. The van der Waals surface area contributed by atoms with E-state index in [9.17, 15) is 17.4 Å². The van der Waals surface area contributed by atoms with Gasteiger partial charge in [-0.05, 0) is 24.6 Å². The largest absolute Gasteiger partial charge is 0.478 e. The molecule has 0 aliphatic rings. The van der Waals surface area contributed by atoms with E-state index in [1.165, 1.54) is 12.1 Å². The van der Waals surface area contributed by atoms with E-state index in [4.69, 9.17) is 5.11 Å². The zero-order valence-corrected chi connectivity index (χ0v) is 12.9. The summed E-state index contributed by atoms with van der Waals surface area (Å²) in [5.74, 6) is -0.477. The third-order valence-corrected chi connectivity index (χ3v) is 5.46. The van der Waals surface area contributed by atoms with E-state index in [2.05, 4.69) is 4.72 Å². The molecule has 112 valence electrons. The van der Waals surface area contributed by atoms with Crippen LogP contribution in [0.15, 0.2) is 23.1 Å². The fraction of sp³-hybridized carbons (Fsp3) is 0.417. The van der Waals surface area contributed by atoms with E-state index in [1.54, 1.807) is 13.8 Å². The van der Waals surface area contributed by atoms with Gasteiger partial charge in [-0.2, -0.15) is 0 Å². The van der Waals surface area contributed by atoms with Gasteiger partial charge < -0.3 is 5.11 Å². The molecule has 0 fully saturated rings. The maximum absolute atomic E-state index is 12.0. The molecule has 1 aromatic rings. The number of carboxylic acid groups (broad SMARTS) is 1. The second kappa shape index (κ2) is 6.96. The molecule has 0 aromatic heterocycles. The van der Waals surface area contributed by atoms with Crippen LogP contribution in [0.2, 0.25) is 0 Å². The van der Waals surface area contributed by atoms with Crippen LogP contribution in [-0.4, -0.2) is 41.8 Å². The summed E-state index contributed by atoms with van der Waals surface area (Å²) in [6, 6.07) is 3.92. The molecule has 0 saturated carbocycles. The maximum atomic E-state index is 12.0. The zero-order valence-electron chi connectivity index (χ0n) is 11.3. The van der Waals surface area contributed by atoms with Crippen LogP contribution in [0, 0.1) is 6.92 Å². The van der Waals surface area contributed by atoms with Crippen LogP contribution in [0.5, 0.6) is 0 Å². The number of carboxylic acids is 1. The normalized spacial score (nSPS) is 13.1. The van der Waals surface area contributed by atoms with Crippen LogP contribution in [0.3, 0.4) is 0 Å². The molecule has 8 heteroatoms. The average molecular weight is 319 g/mol. The molecule has 1 aromatic carbocycles. The topological polar surface area (TPSA) is 101 Å². The molecule has 1 unspecified atom stereocenters. The molecule has 1 rings (SSSR count). The minimum atomic E-state index is -3.78. The van der Waals surface area contributed by atoms with Crippen LogP contribution in [0.4, 0.5) is 0 Å². The maximum Gasteiger partial charge on any atom is 0.335 e. The monoisotopic (exact) mass is 319 g/mol. The molecule has 20 heavy (non-hydrogen) atoms. The van der Waals surface area contributed by atoms with Crippen molar-refractivity contribution < 1.29 is 22.5 Å². The Morgan fingerprint density at radius 2 is 2.05 bits per heavy atom. The summed E-state index contributed by atoms with van der Waals surface area (Å²) in [6.45, 7) is 3.40.